The first kappa shape index (κ1) is 27.2. The minimum absolute atomic E-state index is 0.412. The van der Waals surface area contributed by atoms with Crippen LogP contribution in [0.5, 0.6) is 0 Å². The molecule has 0 spiro atoms. The molecule has 1 aliphatic carbocycles. The number of likely N-dealkylation sites (N-methyl/N-ethyl adjacent to an activating group) is 1. The quantitative estimate of drug-likeness (QED) is 0.262. The molecular weight excluding hydrogens is 546 g/mol. The Morgan fingerprint density at radius 2 is 1.64 bits per heavy atom. The Morgan fingerprint density at radius 3 is 2.38 bits per heavy atom. The molecule has 0 amide bonds. The largest absolute Gasteiger partial charge is 0.383 e. The lowest BCUT2D eigenvalue weighted by Crippen LogP contribution is -2.49. The molecule has 1 aliphatic heterocycles. The Morgan fingerprint density at radius 1 is 0.929 bits per heavy atom. The number of anilines is 3. The molecule has 0 atom stereocenters. The highest BCUT2D eigenvalue weighted by Crippen LogP contribution is 2.39. The Bertz CT molecular complexity index is 1740. The monoisotopic (exact) mass is 583 g/mol. The maximum absolute atomic E-state index is 6.47. The fourth-order valence-electron chi connectivity index (χ4n) is 7.00. The molecule has 2 aliphatic rings. The normalized spacial score (nSPS) is 20.5. The number of aryl methyl sites for hydroxylation is 2. The van der Waals surface area contributed by atoms with E-state index in [4.69, 9.17) is 27.3 Å². The van der Waals surface area contributed by atoms with Gasteiger partial charge in [-0.05, 0) is 75.0 Å². The van der Waals surface area contributed by atoms with Gasteiger partial charge in [0.2, 0.25) is 5.95 Å². The molecule has 42 heavy (non-hydrogen) atoms. The van der Waals surface area contributed by atoms with Crippen LogP contribution < -0.4 is 11.1 Å². The van der Waals surface area contributed by atoms with Gasteiger partial charge in [0.05, 0.1) is 16.4 Å². The van der Waals surface area contributed by atoms with Crippen molar-refractivity contribution in [3.05, 3.63) is 59.5 Å². The van der Waals surface area contributed by atoms with Crippen molar-refractivity contribution in [3.63, 3.8) is 0 Å². The van der Waals surface area contributed by atoms with Gasteiger partial charge in [0.15, 0.2) is 0 Å². The van der Waals surface area contributed by atoms with Crippen molar-refractivity contribution >= 4 is 51.1 Å². The number of hydrogen-bond donors (Lipinski definition) is 2. The summed E-state index contributed by atoms with van der Waals surface area (Å²) in [6.07, 6.45) is 8.57. The smallest absolute Gasteiger partial charge is 0.208 e. The lowest BCUT2D eigenvalue weighted by atomic mass is 9.89. The number of halogens is 1. The molecule has 7 rings (SSSR count). The molecule has 9 nitrogen and oxygen atoms in total. The molecule has 4 heterocycles. The van der Waals surface area contributed by atoms with Crippen LogP contribution in [0.4, 0.5) is 17.5 Å². The van der Waals surface area contributed by atoms with Crippen LogP contribution in [-0.2, 0) is 7.05 Å². The van der Waals surface area contributed by atoms with Crippen LogP contribution in [0.15, 0.2) is 48.9 Å². The molecule has 0 unspecified atom stereocenters. The number of rotatable bonds is 5. The van der Waals surface area contributed by atoms with Gasteiger partial charge in [-0.2, -0.15) is 0 Å². The third-order valence-electron chi connectivity index (χ3n) is 9.33. The number of benzene rings is 2. The molecule has 10 heteroatoms. The topological polar surface area (TPSA) is 93.1 Å². The summed E-state index contributed by atoms with van der Waals surface area (Å²) in [4.78, 5) is 19.0. The highest BCUT2D eigenvalue weighted by molar-refractivity contribution is 6.31. The summed E-state index contributed by atoms with van der Waals surface area (Å²) in [7, 11) is 4.24. The van der Waals surface area contributed by atoms with Crippen LogP contribution in [0, 0.1) is 6.92 Å². The molecule has 3 aromatic heterocycles. The summed E-state index contributed by atoms with van der Waals surface area (Å²) in [5.41, 5.74) is 13.6. The number of nitrogens with one attached hydrogen (secondary N) is 1. The van der Waals surface area contributed by atoms with E-state index in [1.807, 2.05) is 19.2 Å². The van der Waals surface area contributed by atoms with Gasteiger partial charge in [-0.15, -0.1) is 0 Å². The molecule has 218 valence electrons. The number of fused-ring (bicyclic) bond motifs is 2. The van der Waals surface area contributed by atoms with Crippen LogP contribution >= 0.6 is 11.6 Å². The summed E-state index contributed by atoms with van der Waals surface area (Å²) in [6, 6.07) is 13.4. The molecule has 0 radical (unpaired) electrons. The number of hydrogen-bond acceptors (Lipinski definition) is 7. The van der Waals surface area contributed by atoms with Gasteiger partial charge in [0, 0.05) is 67.8 Å². The maximum Gasteiger partial charge on any atom is 0.208 e. The average Bonchev–Trinajstić information content (AvgIpc) is 3.52. The van der Waals surface area contributed by atoms with Gasteiger partial charge < -0.3 is 25.1 Å². The number of nitrogens with two attached hydrogens (primary N) is 1. The third-order valence-corrected chi connectivity index (χ3v) is 9.55. The molecule has 2 fully saturated rings. The molecule has 1 saturated heterocycles. The molecule has 1 saturated carbocycles. The molecule has 0 bridgehead atoms. The first-order chi connectivity index (χ1) is 20.4. The lowest BCUT2D eigenvalue weighted by Gasteiger charge is -2.41. The maximum atomic E-state index is 6.47. The van der Waals surface area contributed by atoms with Gasteiger partial charge in [-0.3, -0.25) is 4.90 Å². The summed E-state index contributed by atoms with van der Waals surface area (Å²) in [5, 5.41) is 5.10. The Hall–Kier alpha value is -3.66. The summed E-state index contributed by atoms with van der Waals surface area (Å²) >= 11 is 6.28. The van der Waals surface area contributed by atoms with E-state index >= 15 is 0 Å². The predicted octanol–water partition coefficient (Wildman–Crippen LogP) is 6.00. The second kappa shape index (κ2) is 10.9. The van der Waals surface area contributed by atoms with Gasteiger partial charge in [-0.1, -0.05) is 23.7 Å². The number of nitrogen functional groups attached to an aromatic ring is 1. The van der Waals surface area contributed by atoms with Crippen molar-refractivity contribution in [1.29, 1.82) is 0 Å². The van der Waals surface area contributed by atoms with E-state index in [2.05, 4.69) is 73.7 Å². The predicted molar refractivity (Wildman–Crippen MR) is 171 cm³/mol. The summed E-state index contributed by atoms with van der Waals surface area (Å²) in [6.45, 7) is 6.76. The zero-order valence-electron chi connectivity index (χ0n) is 24.5. The fraction of sp³-hybridized carbons (Fsp3) is 0.406. The number of piperazine rings is 1. The number of imidazole rings is 1. The zero-order valence-corrected chi connectivity index (χ0v) is 25.3. The second-order valence-electron chi connectivity index (χ2n) is 12.0. The van der Waals surface area contributed by atoms with Crippen molar-refractivity contribution in [2.45, 2.75) is 44.7 Å². The van der Waals surface area contributed by atoms with Crippen molar-refractivity contribution in [2.24, 2.45) is 7.05 Å². The SMILES string of the molecule is Cc1cc(Cl)cc2nc(Nc3ccc(-c4cn([C@H]5CC[C@H](N6CCN(C)CC6)CC5)c5ncnc(N)c45)cc3)n(C)c12. The minimum atomic E-state index is 0.412. The van der Waals surface area contributed by atoms with Crippen molar-refractivity contribution < 1.29 is 0 Å². The highest BCUT2D eigenvalue weighted by Gasteiger charge is 2.30. The van der Waals surface area contributed by atoms with Crippen LogP contribution in [0.1, 0.15) is 37.3 Å². The van der Waals surface area contributed by atoms with E-state index in [1.165, 1.54) is 39.0 Å². The van der Waals surface area contributed by atoms with Gasteiger partial charge in [-0.25, -0.2) is 15.0 Å². The van der Waals surface area contributed by atoms with Crippen molar-refractivity contribution in [1.82, 2.24) is 33.9 Å². The van der Waals surface area contributed by atoms with Crippen LogP contribution in [0.3, 0.4) is 0 Å². The zero-order chi connectivity index (χ0) is 29.0. The molecular formula is C32H38ClN9. The van der Waals surface area contributed by atoms with Crippen LogP contribution in [0.25, 0.3) is 33.2 Å². The Labute approximate surface area is 251 Å². The number of nitrogens with zero attached hydrogens (tertiary/aromatic N) is 7. The molecule has 5 aromatic rings. The van der Waals surface area contributed by atoms with Crippen LogP contribution in [0.2, 0.25) is 5.02 Å². The van der Waals surface area contributed by atoms with Gasteiger partial charge in [0.25, 0.3) is 0 Å². The van der Waals surface area contributed by atoms with Crippen molar-refractivity contribution in [3.8, 4) is 11.1 Å². The fourth-order valence-corrected chi connectivity index (χ4v) is 7.27. The van der Waals surface area contributed by atoms with E-state index in [0.29, 0.717) is 22.9 Å². The Kier molecular flexibility index (Phi) is 7.04. The first-order valence-electron chi connectivity index (χ1n) is 14.9. The lowest BCUT2D eigenvalue weighted by molar-refractivity contribution is 0.0828. The van der Waals surface area contributed by atoms with E-state index in [-0.39, 0.29) is 0 Å². The average molecular weight is 584 g/mol. The van der Waals surface area contributed by atoms with Crippen molar-refractivity contribution in [2.75, 3.05) is 44.3 Å². The van der Waals surface area contributed by atoms with E-state index < -0.39 is 0 Å². The van der Waals surface area contributed by atoms with Gasteiger partial charge >= 0.3 is 0 Å². The highest BCUT2D eigenvalue weighted by atomic mass is 35.5. The standard InChI is InChI=1S/C32H38ClN9/c1-20-16-22(33)17-27-29(20)40(3)32(38-27)37-23-6-4-21(5-7-23)26-18-42(31-28(26)30(34)35-19-36-31)25-10-8-24(9-11-25)41-14-12-39(2)13-15-41/h4-7,16-19,24-25H,8-15H2,1-3H3,(H,37,38)(H2,34,35,36)/t24-,25-. The number of aromatic nitrogens is 5. The van der Waals surface area contributed by atoms with E-state index in [0.717, 1.165) is 63.2 Å². The minimum Gasteiger partial charge on any atom is -0.383 e. The van der Waals surface area contributed by atoms with Gasteiger partial charge in [0.1, 0.15) is 17.8 Å². The summed E-state index contributed by atoms with van der Waals surface area (Å²) < 4.78 is 4.43. The Balaban J connectivity index is 1.13. The molecule has 3 N–H and O–H groups in total. The second-order valence-corrected chi connectivity index (χ2v) is 12.4. The summed E-state index contributed by atoms with van der Waals surface area (Å²) in [5.74, 6) is 1.29. The van der Waals surface area contributed by atoms with E-state index in [1.54, 1.807) is 6.33 Å². The van der Waals surface area contributed by atoms with E-state index in [9.17, 15) is 0 Å². The van der Waals surface area contributed by atoms with Crippen LogP contribution in [-0.4, -0.2) is 73.2 Å². The third kappa shape index (κ3) is 4.89. The molecule has 2 aromatic carbocycles. The first-order valence-corrected chi connectivity index (χ1v) is 15.3.